The number of ketones is 1. The Hall–Kier alpha value is -2.92. The molecule has 0 fully saturated rings. The molecule has 2 atom stereocenters. The monoisotopic (exact) mass is 409 g/mol. The van der Waals surface area contributed by atoms with Gasteiger partial charge < -0.3 is 10.1 Å². The number of halogens is 1. The SMILES string of the molecule is COC(=O)c1ccc([C@H]2CC(=O)NC3=C2C(=O)C[C@@H](c2ccccc2Cl)C3)cc1. The van der Waals surface area contributed by atoms with Crippen LogP contribution in [0.15, 0.2) is 59.8 Å². The fourth-order valence-corrected chi connectivity index (χ4v) is 4.53. The van der Waals surface area contributed by atoms with Crippen LogP contribution in [0.4, 0.5) is 0 Å². The third kappa shape index (κ3) is 3.70. The van der Waals surface area contributed by atoms with Crippen molar-refractivity contribution in [3.8, 4) is 0 Å². The fraction of sp³-hybridized carbons (Fsp3) is 0.261. The van der Waals surface area contributed by atoms with Crippen molar-refractivity contribution in [1.29, 1.82) is 0 Å². The van der Waals surface area contributed by atoms with Crippen molar-refractivity contribution in [3.63, 3.8) is 0 Å². The van der Waals surface area contributed by atoms with Gasteiger partial charge in [-0.3, -0.25) is 9.59 Å². The summed E-state index contributed by atoms with van der Waals surface area (Å²) in [6, 6.07) is 14.4. The van der Waals surface area contributed by atoms with Gasteiger partial charge in [-0.1, -0.05) is 41.9 Å². The standard InChI is InChI=1S/C23H20ClNO4/c1-29-23(28)14-8-6-13(7-9-14)17-12-21(27)25-19-10-15(11-20(26)22(17)19)16-4-2-3-5-18(16)24/h2-9,15,17H,10-12H2,1H3,(H,25,27)/t15-,17+/m0/s1. The first-order valence-corrected chi connectivity index (χ1v) is 9.84. The van der Waals surface area contributed by atoms with Crippen LogP contribution in [0.3, 0.4) is 0 Å². The molecule has 1 aliphatic carbocycles. The molecular weight excluding hydrogens is 390 g/mol. The molecule has 0 saturated heterocycles. The zero-order valence-corrected chi connectivity index (χ0v) is 16.7. The van der Waals surface area contributed by atoms with E-state index >= 15 is 0 Å². The molecule has 1 heterocycles. The summed E-state index contributed by atoms with van der Waals surface area (Å²) in [5, 5.41) is 3.54. The smallest absolute Gasteiger partial charge is 0.337 e. The Bertz CT molecular complexity index is 1030. The van der Waals surface area contributed by atoms with Crippen molar-refractivity contribution in [3.05, 3.63) is 81.5 Å². The first-order chi connectivity index (χ1) is 14.0. The Morgan fingerprint density at radius 3 is 2.45 bits per heavy atom. The number of amides is 1. The number of carbonyl (C=O) groups is 3. The van der Waals surface area contributed by atoms with Gasteiger partial charge in [-0.25, -0.2) is 4.79 Å². The summed E-state index contributed by atoms with van der Waals surface area (Å²) in [5.41, 5.74) is 3.54. The van der Waals surface area contributed by atoms with Crippen molar-refractivity contribution >= 4 is 29.3 Å². The lowest BCUT2D eigenvalue weighted by atomic mass is 9.73. The summed E-state index contributed by atoms with van der Waals surface area (Å²) >= 11 is 6.33. The Morgan fingerprint density at radius 1 is 1.03 bits per heavy atom. The fourth-order valence-electron chi connectivity index (χ4n) is 4.24. The average molecular weight is 410 g/mol. The number of nitrogens with one attached hydrogen (secondary N) is 1. The Balaban J connectivity index is 1.68. The zero-order valence-electron chi connectivity index (χ0n) is 15.9. The molecule has 0 aromatic heterocycles. The van der Waals surface area contributed by atoms with Crippen LogP contribution in [-0.2, 0) is 14.3 Å². The number of ether oxygens (including phenoxy) is 1. The van der Waals surface area contributed by atoms with Crippen LogP contribution < -0.4 is 5.32 Å². The van der Waals surface area contributed by atoms with Crippen molar-refractivity contribution in [2.75, 3.05) is 7.11 Å². The third-order valence-electron chi connectivity index (χ3n) is 5.62. The normalized spacial score (nSPS) is 21.4. The molecule has 2 aromatic rings. The molecule has 148 valence electrons. The van der Waals surface area contributed by atoms with Gasteiger partial charge in [0.05, 0.1) is 12.7 Å². The summed E-state index contributed by atoms with van der Waals surface area (Å²) in [4.78, 5) is 37.2. The van der Waals surface area contributed by atoms with Gasteiger partial charge in [0, 0.05) is 35.1 Å². The molecular formula is C23H20ClNO4. The minimum absolute atomic E-state index is 0.0261. The molecule has 1 N–H and O–H groups in total. The van der Waals surface area contributed by atoms with E-state index in [2.05, 4.69) is 5.32 Å². The second-order valence-corrected chi connectivity index (χ2v) is 7.77. The molecule has 1 amide bonds. The van der Waals surface area contributed by atoms with Crippen LogP contribution in [0.5, 0.6) is 0 Å². The molecule has 0 radical (unpaired) electrons. The van der Waals surface area contributed by atoms with E-state index in [-0.39, 0.29) is 29.9 Å². The van der Waals surface area contributed by atoms with Crippen LogP contribution in [0.25, 0.3) is 0 Å². The lowest BCUT2D eigenvalue weighted by Gasteiger charge is -2.34. The van der Waals surface area contributed by atoms with Gasteiger partial charge in [-0.15, -0.1) is 0 Å². The van der Waals surface area contributed by atoms with Crippen LogP contribution in [-0.4, -0.2) is 24.8 Å². The van der Waals surface area contributed by atoms with E-state index < -0.39 is 5.97 Å². The average Bonchev–Trinajstić information content (AvgIpc) is 2.72. The van der Waals surface area contributed by atoms with Gasteiger partial charge in [-0.2, -0.15) is 0 Å². The van der Waals surface area contributed by atoms with Crippen LogP contribution in [0, 0.1) is 0 Å². The number of carbonyl (C=O) groups excluding carboxylic acids is 3. The summed E-state index contributed by atoms with van der Waals surface area (Å²) in [6.07, 6.45) is 1.13. The molecule has 2 aliphatic rings. The third-order valence-corrected chi connectivity index (χ3v) is 5.96. The lowest BCUT2D eigenvalue weighted by molar-refractivity contribution is -0.122. The second kappa shape index (κ2) is 7.84. The minimum atomic E-state index is -0.422. The quantitative estimate of drug-likeness (QED) is 0.773. The lowest BCUT2D eigenvalue weighted by Crippen LogP contribution is -2.38. The van der Waals surface area contributed by atoms with E-state index in [4.69, 9.17) is 16.3 Å². The molecule has 0 spiro atoms. The van der Waals surface area contributed by atoms with E-state index in [1.165, 1.54) is 7.11 Å². The Labute approximate surface area is 173 Å². The number of hydrogen-bond acceptors (Lipinski definition) is 4. The van der Waals surface area contributed by atoms with Crippen LogP contribution in [0.1, 0.15) is 52.6 Å². The molecule has 0 saturated carbocycles. The highest BCUT2D eigenvalue weighted by Crippen LogP contribution is 2.43. The first kappa shape index (κ1) is 19.4. The number of benzene rings is 2. The van der Waals surface area contributed by atoms with E-state index in [9.17, 15) is 14.4 Å². The molecule has 0 bridgehead atoms. The molecule has 4 rings (SSSR count). The topological polar surface area (TPSA) is 72.5 Å². The number of allylic oxidation sites excluding steroid dienone is 2. The van der Waals surface area contributed by atoms with Gasteiger partial charge in [-0.05, 0) is 41.7 Å². The van der Waals surface area contributed by atoms with Gasteiger partial charge in [0.2, 0.25) is 5.91 Å². The molecule has 1 aliphatic heterocycles. The highest BCUT2D eigenvalue weighted by Gasteiger charge is 2.38. The largest absolute Gasteiger partial charge is 0.465 e. The molecule has 29 heavy (non-hydrogen) atoms. The van der Waals surface area contributed by atoms with E-state index in [1.54, 1.807) is 24.3 Å². The Kier molecular flexibility index (Phi) is 5.24. The van der Waals surface area contributed by atoms with E-state index in [0.717, 1.165) is 11.1 Å². The molecule has 0 unspecified atom stereocenters. The highest BCUT2D eigenvalue weighted by molar-refractivity contribution is 6.31. The van der Waals surface area contributed by atoms with Crippen LogP contribution >= 0.6 is 11.6 Å². The van der Waals surface area contributed by atoms with Crippen molar-refractivity contribution in [2.24, 2.45) is 0 Å². The van der Waals surface area contributed by atoms with Crippen LogP contribution in [0.2, 0.25) is 5.02 Å². The van der Waals surface area contributed by atoms with E-state index in [0.29, 0.717) is 34.7 Å². The predicted molar refractivity (Wildman–Crippen MR) is 109 cm³/mol. The number of rotatable bonds is 3. The van der Waals surface area contributed by atoms with Crippen molar-refractivity contribution < 1.29 is 19.1 Å². The van der Waals surface area contributed by atoms with Gasteiger partial charge in [0.15, 0.2) is 5.78 Å². The summed E-state index contributed by atoms with van der Waals surface area (Å²) in [7, 11) is 1.33. The maximum absolute atomic E-state index is 13.1. The van der Waals surface area contributed by atoms with Gasteiger partial charge in [0.25, 0.3) is 0 Å². The number of hydrogen-bond donors (Lipinski definition) is 1. The van der Waals surface area contributed by atoms with Gasteiger partial charge in [0.1, 0.15) is 0 Å². The summed E-state index contributed by atoms with van der Waals surface area (Å²) < 4.78 is 4.73. The molecule has 6 heteroatoms. The van der Waals surface area contributed by atoms with Crippen molar-refractivity contribution in [2.45, 2.75) is 31.1 Å². The molecule has 5 nitrogen and oxygen atoms in total. The van der Waals surface area contributed by atoms with E-state index in [1.807, 2.05) is 24.3 Å². The predicted octanol–water partition coefficient (Wildman–Crippen LogP) is 4.13. The maximum atomic E-state index is 13.1. The summed E-state index contributed by atoms with van der Waals surface area (Å²) in [6.45, 7) is 0. The number of Topliss-reactive ketones (excluding diaryl/α,β-unsaturated/α-hetero) is 1. The molecule has 2 aromatic carbocycles. The first-order valence-electron chi connectivity index (χ1n) is 9.46. The van der Waals surface area contributed by atoms with Crippen molar-refractivity contribution in [1.82, 2.24) is 5.32 Å². The number of methoxy groups -OCH3 is 1. The maximum Gasteiger partial charge on any atom is 0.337 e. The Morgan fingerprint density at radius 2 is 1.76 bits per heavy atom. The number of esters is 1. The zero-order chi connectivity index (χ0) is 20.5. The summed E-state index contributed by atoms with van der Waals surface area (Å²) in [5.74, 6) is -0.883. The second-order valence-electron chi connectivity index (χ2n) is 7.36. The van der Waals surface area contributed by atoms with Gasteiger partial charge >= 0.3 is 5.97 Å². The highest BCUT2D eigenvalue weighted by atomic mass is 35.5. The minimum Gasteiger partial charge on any atom is -0.465 e.